The zero-order valence-corrected chi connectivity index (χ0v) is 14.3. The molecule has 2 aromatic rings. The van der Waals surface area contributed by atoms with Crippen molar-refractivity contribution < 1.29 is 19.1 Å². The molecule has 1 atom stereocenters. The number of nitrogens with zero attached hydrogens (tertiary/aromatic N) is 2. The number of carbonyl (C=O) groups excluding carboxylic acids is 3. The third kappa shape index (κ3) is 4.02. The molecule has 0 unspecified atom stereocenters. The number of aryl methyl sites for hydroxylation is 1. The van der Waals surface area contributed by atoms with Gasteiger partial charge in [0.25, 0.3) is 5.91 Å². The molecule has 1 aromatic carbocycles. The summed E-state index contributed by atoms with van der Waals surface area (Å²) in [6, 6.07) is 6.64. The number of ether oxygens (including phenoxy) is 1. The van der Waals surface area contributed by atoms with Crippen molar-refractivity contribution in [1.82, 2.24) is 9.59 Å². The van der Waals surface area contributed by atoms with Gasteiger partial charge < -0.3 is 10.1 Å². The highest BCUT2D eigenvalue weighted by Gasteiger charge is 2.23. The van der Waals surface area contributed by atoms with Crippen LogP contribution in [0.5, 0.6) is 0 Å². The first-order chi connectivity index (χ1) is 11.4. The van der Waals surface area contributed by atoms with E-state index in [2.05, 4.69) is 14.9 Å². The van der Waals surface area contributed by atoms with Crippen molar-refractivity contribution in [3.63, 3.8) is 0 Å². The number of nitrogens with one attached hydrogen (secondary N) is 1. The molecule has 0 saturated heterocycles. The average Bonchev–Trinajstić information content (AvgIpc) is 3.03. The van der Waals surface area contributed by atoms with E-state index in [0.29, 0.717) is 28.2 Å². The first-order valence-corrected chi connectivity index (χ1v) is 8.14. The number of aromatic nitrogens is 2. The number of Topliss-reactive ketones (excluding diaryl/α,β-unsaturated/α-hetero) is 1. The third-order valence-corrected chi connectivity index (χ3v) is 4.04. The number of anilines is 1. The highest BCUT2D eigenvalue weighted by atomic mass is 32.1. The van der Waals surface area contributed by atoms with E-state index in [-0.39, 0.29) is 5.78 Å². The molecule has 1 amide bonds. The lowest BCUT2D eigenvalue weighted by atomic mass is 10.1. The van der Waals surface area contributed by atoms with E-state index >= 15 is 0 Å². The molecule has 1 heterocycles. The number of benzene rings is 1. The molecule has 1 N–H and O–H groups in total. The normalized spacial score (nSPS) is 11.6. The molecule has 0 saturated carbocycles. The monoisotopic (exact) mass is 347 g/mol. The Kier molecular flexibility index (Phi) is 5.75. The fraction of sp³-hybridized carbons (Fsp3) is 0.312. The Morgan fingerprint density at radius 2 is 2.00 bits per heavy atom. The van der Waals surface area contributed by atoms with Crippen LogP contribution in [0.3, 0.4) is 0 Å². The molecular weight excluding hydrogens is 330 g/mol. The van der Waals surface area contributed by atoms with Gasteiger partial charge in [-0.1, -0.05) is 23.5 Å². The molecule has 0 spiro atoms. The third-order valence-electron chi connectivity index (χ3n) is 3.29. The lowest BCUT2D eigenvalue weighted by Gasteiger charge is -2.14. The summed E-state index contributed by atoms with van der Waals surface area (Å²) >= 11 is 0.934. The van der Waals surface area contributed by atoms with Crippen LogP contribution in [0.25, 0.3) is 0 Å². The second kappa shape index (κ2) is 7.78. The minimum atomic E-state index is -1.02. The Morgan fingerprint density at radius 3 is 2.67 bits per heavy atom. The Hall–Kier alpha value is -2.61. The van der Waals surface area contributed by atoms with E-state index in [1.165, 1.54) is 13.8 Å². The number of rotatable bonds is 6. The van der Waals surface area contributed by atoms with Gasteiger partial charge in [0.15, 0.2) is 16.8 Å². The van der Waals surface area contributed by atoms with Gasteiger partial charge in [-0.2, -0.15) is 0 Å². The maximum absolute atomic E-state index is 12.2. The van der Waals surface area contributed by atoms with Gasteiger partial charge in [0.2, 0.25) is 0 Å². The number of hydrogen-bond acceptors (Lipinski definition) is 7. The predicted octanol–water partition coefficient (Wildman–Crippen LogP) is 2.49. The largest absolute Gasteiger partial charge is 0.448 e. The fourth-order valence-corrected chi connectivity index (χ4v) is 2.63. The lowest BCUT2D eigenvalue weighted by molar-refractivity contribution is -0.123. The summed E-state index contributed by atoms with van der Waals surface area (Å²) in [5, 5.41) is 6.44. The van der Waals surface area contributed by atoms with Crippen molar-refractivity contribution in [1.29, 1.82) is 0 Å². The van der Waals surface area contributed by atoms with Crippen LogP contribution < -0.4 is 5.32 Å². The minimum absolute atomic E-state index is 0.168. The molecular formula is C16H17N3O4S. The van der Waals surface area contributed by atoms with E-state index in [1.807, 2.05) is 6.92 Å². The number of carbonyl (C=O) groups is 3. The highest BCUT2D eigenvalue weighted by molar-refractivity contribution is 7.07. The van der Waals surface area contributed by atoms with E-state index in [1.54, 1.807) is 24.3 Å². The van der Waals surface area contributed by atoms with Crippen LogP contribution in [0, 0.1) is 0 Å². The number of ketones is 1. The molecule has 126 valence electrons. The molecule has 8 heteroatoms. The fourth-order valence-electron chi connectivity index (χ4n) is 2.00. The van der Waals surface area contributed by atoms with E-state index in [9.17, 15) is 14.4 Å². The molecule has 2 rings (SSSR count). The first kappa shape index (κ1) is 17.7. The summed E-state index contributed by atoms with van der Waals surface area (Å²) in [6.45, 7) is 4.73. The summed E-state index contributed by atoms with van der Waals surface area (Å²) in [4.78, 5) is 36.2. The van der Waals surface area contributed by atoms with Crippen LogP contribution in [0.1, 0.15) is 46.5 Å². The number of para-hydroxylation sites is 1. The Bertz CT molecular complexity index is 772. The maximum Gasteiger partial charge on any atom is 0.352 e. The maximum atomic E-state index is 12.2. The smallest absolute Gasteiger partial charge is 0.352 e. The highest BCUT2D eigenvalue weighted by Crippen LogP contribution is 2.17. The SMILES string of the molecule is CCc1nnsc1C(=O)O[C@H](C)C(=O)Nc1ccccc1C(C)=O. The zero-order valence-electron chi connectivity index (χ0n) is 13.5. The van der Waals surface area contributed by atoms with Gasteiger partial charge in [0, 0.05) is 5.56 Å². The molecule has 0 bridgehead atoms. The van der Waals surface area contributed by atoms with Crippen molar-refractivity contribution in [3.05, 3.63) is 40.4 Å². The zero-order chi connectivity index (χ0) is 17.7. The van der Waals surface area contributed by atoms with Crippen LogP contribution in [0.2, 0.25) is 0 Å². The van der Waals surface area contributed by atoms with Crippen LogP contribution >= 0.6 is 11.5 Å². The molecule has 0 aliphatic heterocycles. The Labute approximate surface area is 143 Å². The molecule has 0 aliphatic rings. The summed E-state index contributed by atoms with van der Waals surface area (Å²) in [6.07, 6.45) is -0.475. The molecule has 0 aliphatic carbocycles. The summed E-state index contributed by atoms with van der Waals surface area (Å²) in [5.41, 5.74) is 1.32. The van der Waals surface area contributed by atoms with Gasteiger partial charge in [-0.15, -0.1) is 5.10 Å². The predicted molar refractivity (Wildman–Crippen MR) is 89.2 cm³/mol. The number of hydrogen-bond donors (Lipinski definition) is 1. The van der Waals surface area contributed by atoms with E-state index in [0.717, 1.165) is 11.5 Å². The molecule has 1 aromatic heterocycles. The van der Waals surface area contributed by atoms with Gasteiger partial charge in [0.1, 0.15) is 0 Å². The van der Waals surface area contributed by atoms with Crippen LogP contribution in [-0.2, 0) is 16.0 Å². The molecule has 0 fully saturated rings. The van der Waals surface area contributed by atoms with Crippen molar-refractivity contribution >= 4 is 34.9 Å². The van der Waals surface area contributed by atoms with Crippen molar-refractivity contribution in [2.24, 2.45) is 0 Å². The second-order valence-electron chi connectivity index (χ2n) is 5.04. The standard InChI is InChI=1S/C16H17N3O4S/c1-4-12-14(24-19-18-12)16(22)23-10(3)15(21)17-13-8-6-5-7-11(13)9(2)20/h5-8,10H,4H2,1-3H3,(H,17,21)/t10-/m1/s1. The van der Waals surface area contributed by atoms with Gasteiger partial charge in [-0.05, 0) is 43.9 Å². The molecule has 24 heavy (non-hydrogen) atoms. The number of esters is 1. The summed E-state index contributed by atoms with van der Waals surface area (Å²) < 4.78 is 8.88. The minimum Gasteiger partial charge on any atom is -0.448 e. The van der Waals surface area contributed by atoms with E-state index < -0.39 is 18.0 Å². The Morgan fingerprint density at radius 1 is 1.29 bits per heavy atom. The van der Waals surface area contributed by atoms with Crippen LogP contribution in [0.4, 0.5) is 5.69 Å². The van der Waals surface area contributed by atoms with Gasteiger partial charge >= 0.3 is 5.97 Å². The first-order valence-electron chi connectivity index (χ1n) is 7.37. The topological polar surface area (TPSA) is 98.2 Å². The van der Waals surface area contributed by atoms with Gasteiger partial charge in [-0.25, -0.2) is 4.79 Å². The number of amides is 1. The van der Waals surface area contributed by atoms with Crippen molar-refractivity contribution in [3.8, 4) is 0 Å². The average molecular weight is 347 g/mol. The van der Waals surface area contributed by atoms with Crippen molar-refractivity contribution in [2.75, 3.05) is 5.32 Å². The van der Waals surface area contributed by atoms with Gasteiger partial charge in [-0.3, -0.25) is 9.59 Å². The lowest BCUT2D eigenvalue weighted by Crippen LogP contribution is -2.30. The van der Waals surface area contributed by atoms with Crippen molar-refractivity contribution in [2.45, 2.75) is 33.3 Å². The van der Waals surface area contributed by atoms with Crippen LogP contribution in [-0.4, -0.2) is 33.4 Å². The molecule has 0 radical (unpaired) electrons. The molecule has 7 nitrogen and oxygen atoms in total. The van der Waals surface area contributed by atoms with Crippen LogP contribution in [0.15, 0.2) is 24.3 Å². The summed E-state index contributed by atoms with van der Waals surface area (Å²) in [7, 11) is 0. The Balaban J connectivity index is 2.05. The summed E-state index contributed by atoms with van der Waals surface area (Å²) in [5.74, 6) is -1.32. The second-order valence-corrected chi connectivity index (χ2v) is 5.79. The van der Waals surface area contributed by atoms with E-state index in [4.69, 9.17) is 4.74 Å². The van der Waals surface area contributed by atoms with Gasteiger partial charge in [0.05, 0.1) is 11.4 Å². The quantitative estimate of drug-likeness (QED) is 0.637.